The molecule has 0 aliphatic carbocycles. The highest BCUT2D eigenvalue weighted by Gasteiger charge is 2.16. The minimum atomic E-state index is -0.449. The van der Waals surface area contributed by atoms with Crippen molar-refractivity contribution in [3.63, 3.8) is 0 Å². The van der Waals surface area contributed by atoms with E-state index in [0.29, 0.717) is 23.9 Å². The van der Waals surface area contributed by atoms with Crippen LogP contribution < -0.4 is 5.73 Å². The van der Waals surface area contributed by atoms with Crippen LogP contribution >= 0.6 is 0 Å². The van der Waals surface area contributed by atoms with E-state index >= 15 is 0 Å². The van der Waals surface area contributed by atoms with Crippen molar-refractivity contribution in [1.82, 2.24) is 10.1 Å². The quantitative estimate of drug-likeness (QED) is 0.877. The molecule has 0 aliphatic heterocycles. The van der Waals surface area contributed by atoms with Crippen LogP contribution in [0.3, 0.4) is 0 Å². The van der Waals surface area contributed by atoms with Crippen LogP contribution in [0, 0.1) is 5.82 Å². The summed E-state index contributed by atoms with van der Waals surface area (Å²) in [6.45, 7) is 4.16. The van der Waals surface area contributed by atoms with Crippen LogP contribution in [0.5, 0.6) is 0 Å². The minimum Gasteiger partial charge on any atom is -0.377 e. The molecule has 20 heavy (non-hydrogen) atoms. The van der Waals surface area contributed by atoms with Gasteiger partial charge in [0.15, 0.2) is 5.82 Å². The summed E-state index contributed by atoms with van der Waals surface area (Å²) in [4.78, 5) is 4.18. The summed E-state index contributed by atoms with van der Waals surface area (Å²) in [6.07, 6.45) is 0.336. The highest BCUT2D eigenvalue weighted by molar-refractivity contribution is 5.20. The van der Waals surface area contributed by atoms with Crippen LogP contribution in [0.15, 0.2) is 28.8 Å². The van der Waals surface area contributed by atoms with E-state index in [0.717, 1.165) is 0 Å². The number of hydrogen-bond acceptors (Lipinski definition) is 5. The Hall–Kier alpha value is -1.79. The molecule has 0 saturated heterocycles. The molecule has 5 nitrogen and oxygen atoms in total. The van der Waals surface area contributed by atoms with Gasteiger partial charge < -0.3 is 15.0 Å². The molecule has 1 unspecified atom stereocenters. The molecule has 2 rings (SSSR count). The third-order valence-electron chi connectivity index (χ3n) is 2.72. The SMILES string of the molecule is CC(C)OCC(N)c1noc(Cc2ccccc2F)n1. The van der Waals surface area contributed by atoms with Crippen LogP contribution in [-0.4, -0.2) is 22.9 Å². The molecule has 1 aromatic heterocycles. The predicted molar refractivity (Wildman–Crippen MR) is 71.5 cm³/mol. The Kier molecular flexibility index (Phi) is 4.81. The summed E-state index contributed by atoms with van der Waals surface area (Å²) in [5.41, 5.74) is 6.40. The van der Waals surface area contributed by atoms with Gasteiger partial charge in [0.05, 0.1) is 25.2 Å². The fraction of sp³-hybridized carbons (Fsp3) is 0.429. The molecule has 0 amide bonds. The number of nitrogens with zero attached hydrogens (tertiary/aromatic N) is 2. The Morgan fingerprint density at radius 1 is 1.35 bits per heavy atom. The van der Waals surface area contributed by atoms with Gasteiger partial charge in [0, 0.05) is 0 Å². The lowest BCUT2D eigenvalue weighted by Gasteiger charge is -2.10. The Balaban J connectivity index is 2.00. The van der Waals surface area contributed by atoms with Crippen molar-refractivity contribution in [2.75, 3.05) is 6.61 Å². The second kappa shape index (κ2) is 6.58. The van der Waals surface area contributed by atoms with E-state index in [2.05, 4.69) is 10.1 Å². The maximum atomic E-state index is 13.5. The molecule has 1 atom stereocenters. The summed E-state index contributed by atoms with van der Waals surface area (Å²) in [5, 5.41) is 3.81. The zero-order valence-electron chi connectivity index (χ0n) is 11.5. The van der Waals surface area contributed by atoms with Crippen LogP contribution in [0.25, 0.3) is 0 Å². The first-order chi connectivity index (χ1) is 9.56. The van der Waals surface area contributed by atoms with Gasteiger partial charge in [-0.25, -0.2) is 4.39 Å². The number of rotatable bonds is 6. The minimum absolute atomic E-state index is 0.0887. The first-order valence-corrected chi connectivity index (χ1v) is 6.49. The second-order valence-electron chi connectivity index (χ2n) is 4.80. The first-order valence-electron chi connectivity index (χ1n) is 6.49. The summed E-state index contributed by atoms with van der Waals surface area (Å²) in [7, 11) is 0. The molecule has 2 aromatic rings. The normalized spacial score (nSPS) is 12.8. The van der Waals surface area contributed by atoms with Gasteiger partial charge >= 0.3 is 0 Å². The first kappa shape index (κ1) is 14.6. The van der Waals surface area contributed by atoms with Crippen molar-refractivity contribution >= 4 is 0 Å². The largest absolute Gasteiger partial charge is 0.377 e. The van der Waals surface area contributed by atoms with Gasteiger partial charge in [0.25, 0.3) is 0 Å². The molecule has 108 valence electrons. The average molecular weight is 279 g/mol. The van der Waals surface area contributed by atoms with Crippen molar-refractivity contribution in [3.05, 3.63) is 47.4 Å². The lowest BCUT2D eigenvalue weighted by molar-refractivity contribution is 0.0665. The molecule has 0 spiro atoms. The lowest BCUT2D eigenvalue weighted by Crippen LogP contribution is -2.20. The summed E-state index contributed by atoms with van der Waals surface area (Å²) in [5.74, 6) is 0.418. The molecule has 0 aliphatic rings. The van der Waals surface area contributed by atoms with Gasteiger partial charge in [-0.05, 0) is 25.5 Å². The Bertz CT molecular complexity index is 557. The van der Waals surface area contributed by atoms with E-state index < -0.39 is 6.04 Å². The van der Waals surface area contributed by atoms with Crippen LogP contribution in [0.2, 0.25) is 0 Å². The molecular weight excluding hydrogens is 261 g/mol. The molecule has 0 radical (unpaired) electrons. The molecule has 6 heteroatoms. The number of hydrogen-bond donors (Lipinski definition) is 1. The van der Waals surface area contributed by atoms with Gasteiger partial charge in [-0.15, -0.1) is 0 Å². The van der Waals surface area contributed by atoms with E-state index in [1.165, 1.54) is 6.07 Å². The van der Waals surface area contributed by atoms with Crippen LogP contribution in [0.4, 0.5) is 4.39 Å². The van der Waals surface area contributed by atoms with E-state index in [4.69, 9.17) is 15.0 Å². The van der Waals surface area contributed by atoms with E-state index in [1.807, 2.05) is 13.8 Å². The number of halogens is 1. The van der Waals surface area contributed by atoms with Gasteiger partial charge in [-0.3, -0.25) is 0 Å². The fourth-order valence-electron chi connectivity index (χ4n) is 1.67. The highest BCUT2D eigenvalue weighted by Crippen LogP contribution is 2.14. The molecule has 1 heterocycles. The lowest BCUT2D eigenvalue weighted by atomic mass is 10.1. The second-order valence-corrected chi connectivity index (χ2v) is 4.80. The van der Waals surface area contributed by atoms with E-state index in [1.54, 1.807) is 18.2 Å². The van der Waals surface area contributed by atoms with Gasteiger partial charge in [-0.2, -0.15) is 4.98 Å². The van der Waals surface area contributed by atoms with Crippen LogP contribution in [0.1, 0.15) is 37.2 Å². The third kappa shape index (κ3) is 3.85. The van der Waals surface area contributed by atoms with Gasteiger partial charge in [0.1, 0.15) is 5.82 Å². The topological polar surface area (TPSA) is 74.2 Å². The average Bonchev–Trinajstić information content (AvgIpc) is 2.87. The maximum absolute atomic E-state index is 13.5. The maximum Gasteiger partial charge on any atom is 0.231 e. The molecule has 0 saturated carbocycles. The molecule has 2 N–H and O–H groups in total. The molecule has 0 bridgehead atoms. The zero-order valence-corrected chi connectivity index (χ0v) is 11.5. The van der Waals surface area contributed by atoms with Crippen molar-refractivity contribution in [3.8, 4) is 0 Å². The van der Waals surface area contributed by atoms with Crippen molar-refractivity contribution < 1.29 is 13.7 Å². The van der Waals surface area contributed by atoms with Crippen molar-refractivity contribution in [1.29, 1.82) is 0 Å². The number of ether oxygens (including phenoxy) is 1. The van der Waals surface area contributed by atoms with Crippen LogP contribution in [-0.2, 0) is 11.2 Å². The predicted octanol–water partition coefficient (Wildman–Crippen LogP) is 2.22. The van der Waals surface area contributed by atoms with E-state index in [-0.39, 0.29) is 18.3 Å². The smallest absolute Gasteiger partial charge is 0.231 e. The molecular formula is C14H18FN3O2. The summed E-state index contributed by atoms with van der Waals surface area (Å²) < 4.78 is 24.0. The van der Waals surface area contributed by atoms with E-state index in [9.17, 15) is 4.39 Å². The standard InChI is InChI=1S/C14H18FN3O2/c1-9(2)19-8-12(16)14-17-13(20-18-14)7-10-5-3-4-6-11(10)15/h3-6,9,12H,7-8,16H2,1-2H3. The monoisotopic (exact) mass is 279 g/mol. The fourth-order valence-corrected chi connectivity index (χ4v) is 1.67. The summed E-state index contributed by atoms with van der Waals surface area (Å²) in [6, 6.07) is 6.03. The highest BCUT2D eigenvalue weighted by atomic mass is 19.1. The Morgan fingerprint density at radius 2 is 2.10 bits per heavy atom. The Morgan fingerprint density at radius 3 is 2.80 bits per heavy atom. The molecule has 0 fully saturated rings. The zero-order chi connectivity index (χ0) is 14.5. The number of nitrogens with two attached hydrogens (primary N) is 1. The number of aromatic nitrogens is 2. The molecule has 1 aromatic carbocycles. The number of benzene rings is 1. The van der Waals surface area contributed by atoms with Crippen molar-refractivity contribution in [2.24, 2.45) is 5.73 Å². The Labute approximate surface area is 116 Å². The van der Waals surface area contributed by atoms with Crippen molar-refractivity contribution in [2.45, 2.75) is 32.4 Å². The van der Waals surface area contributed by atoms with Gasteiger partial charge in [-0.1, -0.05) is 23.4 Å². The summed E-state index contributed by atoms with van der Waals surface area (Å²) >= 11 is 0. The van der Waals surface area contributed by atoms with Gasteiger partial charge in [0.2, 0.25) is 5.89 Å². The third-order valence-corrected chi connectivity index (χ3v) is 2.72.